The molecule has 2 aromatic rings. The molecule has 5 nitrogen and oxygen atoms in total. The summed E-state index contributed by atoms with van der Waals surface area (Å²) in [6.07, 6.45) is 1.33. The van der Waals surface area contributed by atoms with E-state index in [4.69, 9.17) is 5.11 Å². The van der Waals surface area contributed by atoms with Crippen molar-refractivity contribution in [2.24, 2.45) is 0 Å². The molecular weight excluding hydrogens is 332 g/mol. The zero-order valence-corrected chi connectivity index (χ0v) is 12.1. The lowest BCUT2D eigenvalue weighted by atomic mass is 10.3. The first-order valence-corrected chi connectivity index (χ1v) is 7.64. The number of nitrogens with one attached hydrogen (secondary N) is 1. The minimum atomic E-state index is -3.73. The number of aliphatic hydroxyl groups excluding tert-OH is 1. The van der Waals surface area contributed by atoms with Gasteiger partial charge in [0.25, 0.3) is 10.0 Å². The highest BCUT2D eigenvalue weighted by Crippen LogP contribution is 2.23. The molecule has 0 radical (unpaired) electrons. The summed E-state index contributed by atoms with van der Waals surface area (Å²) < 4.78 is 27.3. The highest BCUT2D eigenvalue weighted by atomic mass is 79.9. The third kappa shape index (κ3) is 3.31. The van der Waals surface area contributed by atoms with Gasteiger partial charge >= 0.3 is 0 Å². The van der Waals surface area contributed by atoms with Crippen LogP contribution in [0, 0.1) is 0 Å². The first kappa shape index (κ1) is 14.0. The molecule has 0 saturated heterocycles. The highest BCUT2D eigenvalue weighted by Gasteiger charge is 2.16. The highest BCUT2D eigenvalue weighted by molar-refractivity contribution is 9.10. The Bertz CT molecular complexity index is 672. The summed E-state index contributed by atoms with van der Waals surface area (Å²) in [5.74, 6) is 0. The number of benzene rings is 1. The molecule has 1 aromatic heterocycles. The van der Waals surface area contributed by atoms with Crippen LogP contribution in [0.15, 0.2) is 52.1 Å². The standard InChI is InChI=1S/C12H11BrN2O3S/c13-10-3-1-2-4-11(10)15-19(17,18)12-6-5-9(8-16)7-14-12/h1-7,15-16H,8H2. The third-order valence-corrected chi connectivity index (χ3v) is 4.35. The van der Waals surface area contributed by atoms with Crippen molar-refractivity contribution in [3.05, 3.63) is 52.6 Å². The zero-order chi connectivity index (χ0) is 13.9. The molecule has 0 amide bonds. The number of hydrogen-bond donors (Lipinski definition) is 2. The van der Waals surface area contributed by atoms with Crippen LogP contribution in [-0.2, 0) is 16.6 Å². The summed E-state index contributed by atoms with van der Waals surface area (Å²) >= 11 is 3.26. The van der Waals surface area contributed by atoms with Crippen molar-refractivity contribution in [2.45, 2.75) is 11.6 Å². The van der Waals surface area contributed by atoms with Gasteiger partial charge in [0, 0.05) is 10.7 Å². The molecule has 0 saturated carbocycles. The van der Waals surface area contributed by atoms with Gasteiger partial charge in [-0.05, 0) is 39.7 Å². The average Bonchev–Trinajstić information content (AvgIpc) is 2.41. The van der Waals surface area contributed by atoms with Gasteiger partial charge in [0.15, 0.2) is 5.03 Å². The van der Waals surface area contributed by atoms with Crippen LogP contribution in [0.3, 0.4) is 0 Å². The second-order valence-corrected chi connectivity index (χ2v) is 6.23. The average molecular weight is 343 g/mol. The van der Waals surface area contributed by atoms with Crippen molar-refractivity contribution in [1.82, 2.24) is 4.98 Å². The predicted octanol–water partition coefficient (Wildman–Crippen LogP) is 2.14. The lowest BCUT2D eigenvalue weighted by molar-refractivity contribution is 0.281. The van der Waals surface area contributed by atoms with Gasteiger partial charge in [-0.15, -0.1) is 0 Å². The fourth-order valence-corrected chi connectivity index (χ4v) is 2.93. The molecule has 100 valence electrons. The molecule has 0 bridgehead atoms. The topological polar surface area (TPSA) is 79.3 Å². The minimum absolute atomic E-state index is 0.0968. The van der Waals surface area contributed by atoms with Crippen molar-refractivity contribution < 1.29 is 13.5 Å². The van der Waals surface area contributed by atoms with Gasteiger partial charge < -0.3 is 5.11 Å². The summed E-state index contributed by atoms with van der Waals surface area (Å²) in [7, 11) is -3.73. The molecule has 0 aliphatic carbocycles. The minimum Gasteiger partial charge on any atom is -0.392 e. The predicted molar refractivity (Wildman–Crippen MR) is 75.1 cm³/mol. The Morgan fingerprint density at radius 3 is 2.53 bits per heavy atom. The SMILES string of the molecule is O=S(=O)(Nc1ccccc1Br)c1ccc(CO)cn1. The molecular formula is C12H11BrN2O3S. The van der Waals surface area contributed by atoms with Gasteiger partial charge in [0.2, 0.25) is 0 Å². The van der Waals surface area contributed by atoms with E-state index in [1.165, 1.54) is 18.3 Å². The Morgan fingerprint density at radius 2 is 1.95 bits per heavy atom. The van der Waals surface area contributed by atoms with Gasteiger partial charge in [-0.1, -0.05) is 18.2 Å². The molecule has 2 rings (SSSR count). The fourth-order valence-electron chi connectivity index (χ4n) is 1.40. The molecule has 0 spiro atoms. The van der Waals surface area contributed by atoms with E-state index in [0.717, 1.165) is 0 Å². The van der Waals surface area contributed by atoms with E-state index in [1.54, 1.807) is 24.3 Å². The number of pyridine rings is 1. The maximum absolute atomic E-state index is 12.1. The smallest absolute Gasteiger partial charge is 0.279 e. The zero-order valence-electron chi connectivity index (χ0n) is 9.75. The second kappa shape index (κ2) is 5.68. The molecule has 0 fully saturated rings. The van der Waals surface area contributed by atoms with Gasteiger partial charge in [-0.25, -0.2) is 4.98 Å². The quantitative estimate of drug-likeness (QED) is 0.891. The maximum Gasteiger partial charge on any atom is 0.279 e. The number of nitrogens with zero attached hydrogens (tertiary/aromatic N) is 1. The third-order valence-electron chi connectivity index (χ3n) is 2.37. The summed E-state index contributed by atoms with van der Waals surface area (Å²) in [5.41, 5.74) is 0.996. The van der Waals surface area contributed by atoms with Crippen molar-refractivity contribution >= 4 is 31.6 Å². The summed E-state index contributed by atoms with van der Waals surface area (Å²) in [4.78, 5) is 3.82. The van der Waals surface area contributed by atoms with Gasteiger partial charge in [-0.2, -0.15) is 8.42 Å². The van der Waals surface area contributed by atoms with Crippen molar-refractivity contribution in [2.75, 3.05) is 4.72 Å². The molecule has 1 aromatic carbocycles. The first-order chi connectivity index (χ1) is 9.03. The Kier molecular flexibility index (Phi) is 4.18. The van der Waals surface area contributed by atoms with E-state index in [-0.39, 0.29) is 11.6 Å². The van der Waals surface area contributed by atoms with E-state index >= 15 is 0 Å². The fraction of sp³-hybridized carbons (Fsp3) is 0.0833. The summed E-state index contributed by atoms with van der Waals surface area (Å²) in [5, 5.41) is 8.79. The number of sulfonamides is 1. The number of anilines is 1. The molecule has 0 atom stereocenters. The Labute approximate surface area is 119 Å². The lowest BCUT2D eigenvalue weighted by Gasteiger charge is -2.09. The van der Waals surface area contributed by atoms with Crippen molar-refractivity contribution in [3.8, 4) is 0 Å². The molecule has 7 heteroatoms. The van der Waals surface area contributed by atoms with Crippen LogP contribution in [0.1, 0.15) is 5.56 Å². The van der Waals surface area contributed by atoms with E-state index in [1.807, 2.05) is 0 Å². The van der Waals surface area contributed by atoms with Gasteiger partial charge in [-0.3, -0.25) is 4.72 Å². The maximum atomic E-state index is 12.1. The van der Waals surface area contributed by atoms with Crippen LogP contribution in [0.25, 0.3) is 0 Å². The Hall–Kier alpha value is -1.44. The van der Waals surface area contributed by atoms with E-state index in [2.05, 4.69) is 25.6 Å². The van der Waals surface area contributed by atoms with E-state index in [9.17, 15) is 8.42 Å². The molecule has 0 unspecified atom stereocenters. The monoisotopic (exact) mass is 342 g/mol. The molecule has 19 heavy (non-hydrogen) atoms. The van der Waals surface area contributed by atoms with Crippen LogP contribution in [0.5, 0.6) is 0 Å². The lowest BCUT2D eigenvalue weighted by Crippen LogP contribution is -2.14. The van der Waals surface area contributed by atoms with Gasteiger partial charge in [0.05, 0.1) is 12.3 Å². The van der Waals surface area contributed by atoms with Crippen LogP contribution in [0.2, 0.25) is 0 Å². The summed E-state index contributed by atoms with van der Waals surface area (Å²) in [6, 6.07) is 9.76. The van der Waals surface area contributed by atoms with Crippen LogP contribution in [-0.4, -0.2) is 18.5 Å². The first-order valence-electron chi connectivity index (χ1n) is 5.36. The number of aliphatic hydroxyl groups is 1. The van der Waals surface area contributed by atoms with Crippen molar-refractivity contribution in [1.29, 1.82) is 0 Å². The number of hydrogen-bond acceptors (Lipinski definition) is 4. The van der Waals surface area contributed by atoms with Crippen LogP contribution in [0.4, 0.5) is 5.69 Å². The van der Waals surface area contributed by atoms with Crippen molar-refractivity contribution in [3.63, 3.8) is 0 Å². The van der Waals surface area contributed by atoms with Crippen LogP contribution < -0.4 is 4.72 Å². The second-order valence-electron chi connectivity index (χ2n) is 3.75. The number of rotatable bonds is 4. The van der Waals surface area contributed by atoms with E-state index < -0.39 is 10.0 Å². The number of halogens is 1. The number of aromatic nitrogens is 1. The molecule has 2 N–H and O–H groups in total. The Morgan fingerprint density at radius 1 is 1.21 bits per heavy atom. The molecule has 1 heterocycles. The van der Waals surface area contributed by atoms with E-state index in [0.29, 0.717) is 15.7 Å². The Balaban J connectivity index is 2.30. The van der Waals surface area contributed by atoms with Crippen LogP contribution >= 0.6 is 15.9 Å². The number of para-hydroxylation sites is 1. The molecule has 0 aliphatic heterocycles. The molecule has 0 aliphatic rings. The largest absolute Gasteiger partial charge is 0.392 e. The summed E-state index contributed by atoms with van der Waals surface area (Å²) in [6.45, 7) is -0.176. The van der Waals surface area contributed by atoms with Gasteiger partial charge in [0.1, 0.15) is 0 Å². The normalized spacial score (nSPS) is 11.3.